The van der Waals surface area contributed by atoms with Gasteiger partial charge in [-0.15, -0.1) is 0 Å². The molecule has 7 amide bonds. The number of hydrogen-bond donors (Lipinski definition) is 11. The fourth-order valence-corrected chi connectivity index (χ4v) is 5.65. The quantitative estimate of drug-likeness (QED) is 0.106. The summed E-state index contributed by atoms with van der Waals surface area (Å²) in [6, 6.07) is 1.56. The van der Waals surface area contributed by atoms with Gasteiger partial charge >= 0.3 is 0 Å². The monoisotopic (exact) mass is 746 g/mol. The first kappa shape index (κ1) is 44.5. The standard InChI is InChI=1S/C35H58N10O8/c1-20(2)18-26-33(51)42-24(12-15-37)31(49)41-25(13-16-38)32(50)45-29(21(3)46)35(53)39-17-7-10-28(47)40-23(11-14-36)30(48)44-27(34(52)43-26)19-22-8-5-4-6-9-22/h4-6,8-9,20-21,23-27,29,46H,7,10-19,36-38H2,1-3H3,(H,39,53)(H,40,47)(H,41,49)(H,42,51)(H,43,52)(H,44,48)(H,45,50)/t21?,23-,24-,25-,26?,27-,29?/m0/s1. The number of nitrogens with one attached hydrogen (secondary N) is 7. The van der Waals surface area contributed by atoms with Gasteiger partial charge in [0.05, 0.1) is 6.10 Å². The van der Waals surface area contributed by atoms with Crippen LogP contribution in [0.3, 0.4) is 0 Å². The van der Waals surface area contributed by atoms with Gasteiger partial charge in [-0.1, -0.05) is 44.2 Å². The maximum Gasteiger partial charge on any atom is 0.245 e. The van der Waals surface area contributed by atoms with Crippen LogP contribution in [-0.4, -0.2) is 115 Å². The summed E-state index contributed by atoms with van der Waals surface area (Å²) in [7, 11) is 0. The van der Waals surface area contributed by atoms with Crippen LogP contribution in [0.4, 0.5) is 0 Å². The van der Waals surface area contributed by atoms with E-state index in [9.17, 15) is 38.7 Å². The van der Waals surface area contributed by atoms with Crippen LogP contribution >= 0.6 is 0 Å². The van der Waals surface area contributed by atoms with Crippen molar-refractivity contribution in [3.05, 3.63) is 35.9 Å². The van der Waals surface area contributed by atoms with Gasteiger partial charge in [-0.25, -0.2) is 0 Å². The Labute approximate surface area is 310 Å². The number of aliphatic hydroxyl groups excluding tert-OH is 1. The van der Waals surface area contributed by atoms with Crippen LogP contribution in [0, 0.1) is 5.92 Å². The topological polar surface area (TPSA) is 302 Å². The zero-order chi connectivity index (χ0) is 39.5. The maximum absolute atomic E-state index is 13.9. The highest BCUT2D eigenvalue weighted by Crippen LogP contribution is 2.10. The van der Waals surface area contributed by atoms with Gasteiger partial charge in [0.25, 0.3) is 0 Å². The lowest BCUT2D eigenvalue weighted by atomic mass is 10.00. The first-order chi connectivity index (χ1) is 25.2. The molecule has 0 spiro atoms. The van der Waals surface area contributed by atoms with E-state index in [-0.39, 0.29) is 77.0 Å². The first-order valence-electron chi connectivity index (χ1n) is 18.1. The smallest absolute Gasteiger partial charge is 0.245 e. The summed E-state index contributed by atoms with van der Waals surface area (Å²) >= 11 is 0. The minimum atomic E-state index is -1.42. The normalized spacial score (nSPS) is 25.5. The Kier molecular flexibility index (Phi) is 19.4. The molecular weight excluding hydrogens is 688 g/mol. The number of nitrogens with two attached hydrogens (primary N) is 3. The lowest BCUT2D eigenvalue weighted by molar-refractivity contribution is -0.136. The summed E-state index contributed by atoms with van der Waals surface area (Å²) < 4.78 is 0. The number of carbonyl (C=O) groups excluding carboxylic acids is 7. The van der Waals surface area contributed by atoms with Crippen LogP contribution in [0.25, 0.3) is 0 Å². The van der Waals surface area contributed by atoms with E-state index in [2.05, 4.69) is 37.2 Å². The minimum absolute atomic E-state index is 0.0145. The van der Waals surface area contributed by atoms with Crippen LogP contribution < -0.4 is 54.4 Å². The number of amides is 7. The SMILES string of the molecule is CC(C)CC1NC(=O)[C@H](Cc2ccccc2)NC(=O)[C@H](CCN)NC(=O)CCCNC(=O)C(C(C)O)NC(=O)[C@H](CCN)NC(=O)[C@H](CCN)NC1=O. The maximum atomic E-state index is 13.9. The van der Waals surface area contributed by atoms with Gasteiger partial charge in [0.15, 0.2) is 0 Å². The molecule has 0 radical (unpaired) electrons. The lowest BCUT2D eigenvalue weighted by Gasteiger charge is -2.28. The molecule has 0 aliphatic carbocycles. The average Bonchev–Trinajstić information content (AvgIpc) is 3.10. The van der Waals surface area contributed by atoms with Crippen LogP contribution in [0.5, 0.6) is 0 Å². The molecule has 0 saturated carbocycles. The molecule has 1 aliphatic heterocycles. The second-order valence-corrected chi connectivity index (χ2v) is 13.5. The largest absolute Gasteiger partial charge is 0.391 e. The second-order valence-electron chi connectivity index (χ2n) is 13.5. The van der Waals surface area contributed by atoms with Gasteiger partial charge in [-0.05, 0) is 70.1 Å². The number of rotatable bonds is 11. The van der Waals surface area contributed by atoms with E-state index in [0.717, 1.165) is 0 Å². The molecule has 1 heterocycles. The van der Waals surface area contributed by atoms with Crippen molar-refractivity contribution in [2.75, 3.05) is 26.2 Å². The predicted molar refractivity (Wildman–Crippen MR) is 196 cm³/mol. The third-order valence-electron chi connectivity index (χ3n) is 8.48. The fourth-order valence-electron chi connectivity index (χ4n) is 5.65. The van der Waals surface area contributed by atoms with Gasteiger partial charge in [0.2, 0.25) is 41.4 Å². The average molecular weight is 747 g/mol. The van der Waals surface area contributed by atoms with Gasteiger partial charge in [-0.2, -0.15) is 0 Å². The highest BCUT2D eigenvalue weighted by molar-refractivity contribution is 5.97. The summed E-state index contributed by atoms with van der Waals surface area (Å²) in [4.78, 5) is 94.0. The Balaban J connectivity index is 2.54. The minimum Gasteiger partial charge on any atom is -0.391 e. The molecular formula is C35H58N10O8. The Morgan fingerprint density at radius 3 is 1.58 bits per heavy atom. The number of hydrogen-bond acceptors (Lipinski definition) is 11. The second kappa shape index (κ2) is 23.1. The van der Waals surface area contributed by atoms with E-state index in [1.54, 1.807) is 30.3 Å². The van der Waals surface area contributed by atoms with Gasteiger partial charge < -0.3 is 59.5 Å². The van der Waals surface area contributed by atoms with Gasteiger partial charge in [0, 0.05) is 19.4 Å². The van der Waals surface area contributed by atoms with Crippen molar-refractivity contribution in [3.63, 3.8) is 0 Å². The highest BCUT2D eigenvalue weighted by Gasteiger charge is 2.34. The van der Waals surface area contributed by atoms with Crippen LogP contribution in [0.2, 0.25) is 0 Å². The van der Waals surface area contributed by atoms with Crippen molar-refractivity contribution < 1.29 is 38.7 Å². The third-order valence-corrected chi connectivity index (χ3v) is 8.48. The third kappa shape index (κ3) is 15.5. The van der Waals surface area contributed by atoms with Crippen molar-refractivity contribution in [3.8, 4) is 0 Å². The summed E-state index contributed by atoms with van der Waals surface area (Å²) in [5.74, 6) is -4.98. The zero-order valence-corrected chi connectivity index (χ0v) is 30.8. The molecule has 53 heavy (non-hydrogen) atoms. The van der Waals surface area contributed by atoms with Gasteiger partial charge in [-0.3, -0.25) is 33.6 Å². The molecule has 3 unspecified atom stereocenters. The molecule has 1 aromatic rings. The Bertz CT molecular complexity index is 1380. The molecule has 18 nitrogen and oxygen atoms in total. The van der Waals surface area contributed by atoms with Gasteiger partial charge in [0.1, 0.15) is 36.3 Å². The van der Waals surface area contributed by atoms with E-state index < -0.39 is 83.7 Å². The molecule has 1 fully saturated rings. The Morgan fingerprint density at radius 1 is 0.623 bits per heavy atom. The summed E-state index contributed by atoms with van der Waals surface area (Å²) in [5, 5.41) is 28.6. The van der Waals surface area contributed by atoms with E-state index in [1.807, 2.05) is 13.8 Å². The van der Waals surface area contributed by atoms with Crippen LogP contribution in [0.1, 0.15) is 64.9 Å². The fraction of sp³-hybridized carbons (Fsp3) is 0.629. The molecule has 0 aromatic heterocycles. The van der Waals surface area contributed by atoms with E-state index in [1.165, 1.54) is 6.92 Å². The summed E-state index contributed by atoms with van der Waals surface area (Å²) in [6.07, 6.45) is -1.12. The molecule has 14 N–H and O–H groups in total. The van der Waals surface area contributed by atoms with Crippen molar-refractivity contribution >= 4 is 41.4 Å². The first-order valence-corrected chi connectivity index (χ1v) is 18.1. The van der Waals surface area contributed by atoms with E-state index in [4.69, 9.17) is 17.2 Å². The number of aliphatic hydroxyl groups is 1. The predicted octanol–water partition coefficient (Wildman–Crippen LogP) is -3.48. The van der Waals surface area contributed by atoms with Crippen molar-refractivity contribution in [2.45, 2.75) is 108 Å². The summed E-state index contributed by atoms with van der Waals surface area (Å²) in [5.41, 5.74) is 18.0. The molecule has 0 bridgehead atoms. The lowest BCUT2D eigenvalue weighted by Crippen LogP contribution is -2.61. The highest BCUT2D eigenvalue weighted by atomic mass is 16.3. The Hall–Kier alpha value is -4.65. The molecule has 1 aromatic carbocycles. The number of carbonyl (C=O) groups is 7. The van der Waals surface area contributed by atoms with E-state index in [0.29, 0.717) is 5.56 Å². The van der Waals surface area contributed by atoms with Crippen molar-refractivity contribution in [1.29, 1.82) is 0 Å². The summed E-state index contributed by atoms with van der Waals surface area (Å²) in [6.45, 7) is 4.95. The number of benzene rings is 1. The van der Waals surface area contributed by atoms with Crippen LogP contribution in [-0.2, 0) is 40.0 Å². The van der Waals surface area contributed by atoms with Crippen molar-refractivity contribution in [2.24, 2.45) is 23.1 Å². The van der Waals surface area contributed by atoms with Crippen LogP contribution in [0.15, 0.2) is 30.3 Å². The molecule has 1 saturated heterocycles. The van der Waals surface area contributed by atoms with E-state index >= 15 is 0 Å². The molecule has 7 atom stereocenters. The van der Waals surface area contributed by atoms with Crippen molar-refractivity contribution in [1.82, 2.24) is 37.2 Å². The molecule has 2 rings (SSSR count). The molecule has 296 valence electrons. The molecule has 18 heteroatoms. The molecule has 1 aliphatic rings. The zero-order valence-electron chi connectivity index (χ0n) is 30.8. The Morgan fingerprint density at radius 2 is 1.08 bits per heavy atom.